The first-order valence-corrected chi connectivity index (χ1v) is 8.03. The van der Waals surface area contributed by atoms with Crippen LogP contribution in [0.15, 0.2) is 29.6 Å². The third-order valence-corrected chi connectivity index (χ3v) is 4.13. The summed E-state index contributed by atoms with van der Waals surface area (Å²) in [4.78, 5) is 4.58. The largest absolute Gasteiger partial charge is 0.493 e. The molecule has 1 aromatic carbocycles. The van der Waals surface area contributed by atoms with Crippen LogP contribution in [0.3, 0.4) is 0 Å². The number of nitrogens with one attached hydrogen (secondary N) is 1. The standard InChI is InChI=1S/C16H22N2O2S/c1-4-12(2)17-9-13-11-21-16(18-13)10-20-15-8-6-5-7-14(15)19-3/h5-8,11-12,17H,4,9-10H2,1-3H3. The van der Waals surface area contributed by atoms with E-state index < -0.39 is 0 Å². The zero-order valence-electron chi connectivity index (χ0n) is 12.8. The Hall–Kier alpha value is -1.59. The van der Waals surface area contributed by atoms with E-state index in [0.29, 0.717) is 12.6 Å². The molecule has 0 fully saturated rings. The van der Waals surface area contributed by atoms with E-state index in [1.165, 1.54) is 0 Å². The third kappa shape index (κ3) is 4.72. The van der Waals surface area contributed by atoms with Gasteiger partial charge in [0.1, 0.15) is 11.6 Å². The van der Waals surface area contributed by atoms with Crippen LogP contribution in [0.4, 0.5) is 0 Å². The van der Waals surface area contributed by atoms with Gasteiger partial charge in [-0.25, -0.2) is 4.98 Å². The molecule has 0 aliphatic heterocycles. The molecule has 2 aromatic rings. The number of ether oxygens (including phenoxy) is 2. The van der Waals surface area contributed by atoms with Gasteiger partial charge in [-0.2, -0.15) is 0 Å². The molecule has 0 amide bonds. The summed E-state index contributed by atoms with van der Waals surface area (Å²) in [5.41, 5.74) is 1.07. The maximum Gasteiger partial charge on any atom is 0.161 e. The molecule has 0 aliphatic carbocycles. The second-order valence-corrected chi connectivity index (χ2v) is 5.80. The minimum atomic E-state index is 0.467. The van der Waals surface area contributed by atoms with Crippen molar-refractivity contribution in [3.63, 3.8) is 0 Å². The van der Waals surface area contributed by atoms with Gasteiger partial charge in [0.05, 0.1) is 12.8 Å². The Kier molecular flexibility index (Phi) is 6.02. The van der Waals surface area contributed by atoms with Gasteiger partial charge in [0, 0.05) is 18.0 Å². The molecule has 114 valence electrons. The number of para-hydroxylation sites is 2. The Labute approximate surface area is 130 Å². The van der Waals surface area contributed by atoms with Crippen molar-refractivity contribution in [3.05, 3.63) is 40.3 Å². The lowest BCUT2D eigenvalue weighted by atomic mass is 10.2. The molecule has 0 aliphatic rings. The summed E-state index contributed by atoms with van der Waals surface area (Å²) in [5.74, 6) is 1.49. The van der Waals surface area contributed by atoms with Crippen LogP contribution in [0.25, 0.3) is 0 Å². The smallest absolute Gasteiger partial charge is 0.161 e. The first kappa shape index (κ1) is 15.8. The van der Waals surface area contributed by atoms with E-state index in [1.54, 1.807) is 18.4 Å². The van der Waals surface area contributed by atoms with E-state index in [9.17, 15) is 0 Å². The van der Waals surface area contributed by atoms with Gasteiger partial charge in [-0.3, -0.25) is 0 Å². The van der Waals surface area contributed by atoms with Crippen molar-refractivity contribution in [3.8, 4) is 11.5 Å². The van der Waals surface area contributed by atoms with Gasteiger partial charge in [-0.15, -0.1) is 11.3 Å². The number of aromatic nitrogens is 1. The van der Waals surface area contributed by atoms with E-state index in [-0.39, 0.29) is 0 Å². The Morgan fingerprint density at radius 1 is 1.29 bits per heavy atom. The quantitative estimate of drug-likeness (QED) is 0.809. The Morgan fingerprint density at radius 2 is 2.05 bits per heavy atom. The van der Waals surface area contributed by atoms with Crippen LogP contribution in [0.1, 0.15) is 31.0 Å². The van der Waals surface area contributed by atoms with E-state index >= 15 is 0 Å². The lowest BCUT2D eigenvalue weighted by Gasteiger charge is -2.09. The van der Waals surface area contributed by atoms with Crippen molar-refractivity contribution in [1.82, 2.24) is 10.3 Å². The molecule has 0 saturated heterocycles. The lowest BCUT2D eigenvalue weighted by molar-refractivity contribution is 0.284. The molecule has 5 heteroatoms. The zero-order chi connectivity index (χ0) is 15.1. The highest BCUT2D eigenvalue weighted by atomic mass is 32.1. The molecule has 0 spiro atoms. The average Bonchev–Trinajstić information content (AvgIpc) is 2.98. The Bertz CT molecular complexity index is 557. The fourth-order valence-electron chi connectivity index (χ4n) is 1.80. The number of hydrogen-bond donors (Lipinski definition) is 1. The summed E-state index contributed by atoms with van der Waals surface area (Å²) in [6.45, 7) is 5.62. The summed E-state index contributed by atoms with van der Waals surface area (Å²) >= 11 is 1.62. The normalized spacial score (nSPS) is 12.1. The molecule has 1 atom stereocenters. The number of benzene rings is 1. The molecule has 4 nitrogen and oxygen atoms in total. The molecular weight excluding hydrogens is 284 g/mol. The van der Waals surface area contributed by atoms with Crippen LogP contribution >= 0.6 is 11.3 Å². The minimum absolute atomic E-state index is 0.467. The van der Waals surface area contributed by atoms with Gasteiger partial charge in [0.25, 0.3) is 0 Å². The summed E-state index contributed by atoms with van der Waals surface area (Å²) in [6.07, 6.45) is 1.12. The van der Waals surface area contributed by atoms with Gasteiger partial charge >= 0.3 is 0 Å². The monoisotopic (exact) mass is 306 g/mol. The molecule has 1 aromatic heterocycles. The first-order valence-electron chi connectivity index (χ1n) is 7.15. The van der Waals surface area contributed by atoms with Crippen LogP contribution in [0, 0.1) is 0 Å². The van der Waals surface area contributed by atoms with Crippen molar-refractivity contribution in [2.45, 2.75) is 39.5 Å². The molecule has 1 heterocycles. The predicted molar refractivity (Wildman–Crippen MR) is 86.0 cm³/mol. The molecule has 2 rings (SSSR count). The van der Waals surface area contributed by atoms with Crippen LogP contribution < -0.4 is 14.8 Å². The minimum Gasteiger partial charge on any atom is -0.493 e. The number of thiazole rings is 1. The zero-order valence-corrected chi connectivity index (χ0v) is 13.6. The van der Waals surface area contributed by atoms with Gasteiger partial charge in [0.15, 0.2) is 11.5 Å². The number of rotatable bonds is 8. The maximum absolute atomic E-state index is 5.78. The topological polar surface area (TPSA) is 43.4 Å². The fourth-order valence-corrected chi connectivity index (χ4v) is 2.50. The van der Waals surface area contributed by atoms with E-state index in [0.717, 1.165) is 35.2 Å². The van der Waals surface area contributed by atoms with E-state index in [2.05, 4.69) is 29.5 Å². The molecule has 0 saturated carbocycles. The van der Waals surface area contributed by atoms with Gasteiger partial charge in [-0.05, 0) is 25.5 Å². The molecule has 1 N–H and O–H groups in total. The first-order chi connectivity index (χ1) is 10.2. The molecular formula is C16H22N2O2S. The number of nitrogens with zero attached hydrogens (tertiary/aromatic N) is 1. The molecule has 0 bridgehead atoms. The SMILES string of the molecule is CCC(C)NCc1csc(COc2ccccc2OC)n1. The summed E-state index contributed by atoms with van der Waals surface area (Å²) in [7, 11) is 1.64. The lowest BCUT2D eigenvalue weighted by Crippen LogP contribution is -2.24. The van der Waals surface area contributed by atoms with Crippen molar-refractivity contribution in [2.75, 3.05) is 7.11 Å². The number of methoxy groups -OCH3 is 1. The van der Waals surface area contributed by atoms with Crippen molar-refractivity contribution in [2.24, 2.45) is 0 Å². The summed E-state index contributed by atoms with van der Waals surface area (Å²) in [5, 5.41) is 6.49. The maximum atomic E-state index is 5.78. The van der Waals surface area contributed by atoms with Crippen LogP contribution in [-0.4, -0.2) is 18.1 Å². The van der Waals surface area contributed by atoms with Crippen molar-refractivity contribution < 1.29 is 9.47 Å². The highest BCUT2D eigenvalue weighted by Gasteiger charge is 2.07. The fraction of sp³-hybridized carbons (Fsp3) is 0.438. The summed E-state index contributed by atoms with van der Waals surface area (Å²) in [6, 6.07) is 8.16. The van der Waals surface area contributed by atoms with Gasteiger partial charge in [-0.1, -0.05) is 19.1 Å². The van der Waals surface area contributed by atoms with Crippen molar-refractivity contribution in [1.29, 1.82) is 0 Å². The summed E-state index contributed by atoms with van der Waals surface area (Å²) < 4.78 is 11.0. The Balaban J connectivity index is 1.88. The van der Waals surface area contributed by atoms with E-state index in [4.69, 9.17) is 9.47 Å². The average molecular weight is 306 g/mol. The molecule has 21 heavy (non-hydrogen) atoms. The van der Waals surface area contributed by atoms with Crippen LogP contribution in [0.5, 0.6) is 11.5 Å². The third-order valence-electron chi connectivity index (χ3n) is 3.26. The van der Waals surface area contributed by atoms with Crippen LogP contribution in [0.2, 0.25) is 0 Å². The molecule has 1 unspecified atom stereocenters. The Morgan fingerprint density at radius 3 is 2.76 bits per heavy atom. The van der Waals surface area contributed by atoms with Gasteiger partial charge < -0.3 is 14.8 Å². The van der Waals surface area contributed by atoms with E-state index in [1.807, 2.05) is 24.3 Å². The highest BCUT2D eigenvalue weighted by molar-refractivity contribution is 7.09. The van der Waals surface area contributed by atoms with Crippen molar-refractivity contribution >= 4 is 11.3 Å². The van der Waals surface area contributed by atoms with Crippen LogP contribution in [-0.2, 0) is 13.2 Å². The molecule has 0 radical (unpaired) electrons. The highest BCUT2D eigenvalue weighted by Crippen LogP contribution is 2.27. The van der Waals surface area contributed by atoms with Gasteiger partial charge in [0.2, 0.25) is 0 Å². The predicted octanol–water partition coefficient (Wildman–Crippen LogP) is 3.62. The number of hydrogen-bond acceptors (Lipinski definition) is 5. The second kappa shape index (κ2) is 8.00. The second-order valence-electron chi connectivity index (χ2n) is 4.86.